The van der Waals surface area contributed by atoms with E-state index >= 15 is 0 Å². The molecule has 0 aliphatic rings. The molecular formula is C21H18BrClN4O2. The van der Waals surface area contributed by atoms with Crippen LogP contribution in [0.5, 0.6) is 5.75 Å². The highest BCUT2D eigenvalue weighted by Crippen LogP contribution is 2.25. The molecule has 3 aromatic rings. The Morgan fingerprint density at radius 1 is 1.38 bits per heavy atom. The molecule has 29 heavy (non-hydrogen) atoms. The lowest BCUT2D eigenvalue weighted by Crippen LogP contribution is -2.23. The fourth-order valence-corrected chi connectivity index (χ4v) is 3.33. The summed E-state index contributed by atoms with van der Waals surface area (Å²) in [4.78, 5) is 17.8. The van der Waals surface area contributed by atoms with Gasteiger partial charge in [-0.25, -0.2) is 4.98 Å². The van der Waals surface area contributed by atoms with Crippen LogP contribution in [-0.4, -0.2) is 22.5 Å². The van der Waals surface area contributed by atoms with E-state index < -0.39 is 0 Å². The zero-order valence-electron chi connectivity index (χ0n) is 15.9. The number of nitrogens with zero attached hydrogens (tertiary/aromatic N) is 4. The summed E-state index contributed by atoms with van der Waals surface area (Å²) in [6.45, 7) is 3.96. The number of hydrogen-bond acceptors (Lipinski definition) is 5. The molecule has 0 bridgehead atoms. The Balaban J connectivity index is 2.06. The third kappa shape index (κ3) is 4.66. The molecule has 148 valence electrons. The predicted octanol–water partition coefficient (Wildman–Crippen LogP) is 5.11. The largest absolute Gasteiger partial charge is 0.477 e. The van der Waals surface area contributed by atoms with Gasteiger partial charge in [0.25, 0.3) is 5.56 Å². The van der Waals surface area contributed by atoms with Crippen molar-refractivity contribution in [3.63, 3.8) is 0 Å². The van der Waals surface area contributed by atoms with Crippen molar-refractivity contribution in [3.05, 3.63) is 67.6 Å². The maximum absolute atomic E-state index is 13.1. The van der Waals surface area contributed by atoms with Gasteiger partial charge >= 0.3 is 0 Å². The Morgan fingerprint density at radius 2 is 2.17 bits per heavy atom. The monoisotopic (exact) mass is 472 g/mol. The maximum atomic E-state index is 13.1. The molecule has 0 saturated carbocycles. The van der Waals surface area contributed by atoms with Crippen molar-refractivity contribution < 1.29 is 4.74 Å². The number of hydrogen-bond donors (Lipinski definition) is 0. The predicted molar refractivity (Wildman–Crippen MR) is 118 cm³/mol. The van der Waals surface area contributed by atoms with Gasteiger partial charge in [0, 0.05) is 10.4 Å². The molecule has 2 aromatic carbocycles. The second-order valence-corrected chi connectivity index (χ2v) is 7.76. The number of nitriles is 1. The van der Waals surface area contributed by atoms with Gasteiger partial charge in [-0.1, -0.05) is 41.4 Å². The van der Waals surface area contributed by atoms with Gasteiger partial charge < -0.3 is 4.74 Å². The van der Waals surface area contributed by atoms with Crippen LogP contribution in [0.25, 0.3) is 10.9 Å². The van der Waals surface area contributed by atoms with E-state index in [9.17, 15) is 4.79 Å². The summed E-state index contributed by atoms with van der Waals surface area (Å²) in [5, 5.41) is 13.9. The molecule has 1 heterocycles. The maximum Gasteiger partial charge on any atom is 0.282 e. The molecule has 0 unspecified atom stereocenters. The van der Waals surface area contributed by atoms with Crippen LogP contribution in [0.15, 0.2) is 50.8 Å². The van der Waals surface area contributed by atoms with E-state index in [-0.39, 0.29) is 18.1 Å². The Labute approximate surface area is 181 Å². The van der Waals surface area contributed by atoms with E-state index in [1.165, 1.54) is 4.68 Å². The fourth-order valence-electron chi connectivity index (χ4n) is 2.73. The molecule has 1 atom stereocenters. The number of fused-ring (bicyclic) bond motifs is 1. The summed E-state index contributed by atoms with van der Waals surface area (Å²) in [6.07, 6.45) is 2.37. The van der Waals surface area contributed by atoms with Crippen molar-refractivity contribution in [2.24, 2.45) is 5.10 Å². The first-order chi connectivity index (χ1) is 13.9. The third-order valence-electron chi connectivity index (χ3n) is 4.46. The number of aromatic nitrogens is 2. The smallest absolute Gasteiger partial charge is 0.282 e. The van der Waals surface area contributed by atoms with Crippen LogP contribution in [0.2, 0.25) is 5.02 Å². The minimum atomic E-state index is -0.233. The molecule has 0 amide bonds. The minimum absolute atomic E-state index is 0.0539. The van der Waals surface area contributed by atoms with Crippen LogP contribution in [0.4, 0.5) is 0 Å². The van der Waals surface area contributed by atoms with E-state index in [4.69, 9.17) is 21.6 Å². The Kier molecular flexibility index (Phi) is 6.68. The lowest BCUT2D eigenvalue weighted by atomic mass is 10.1. The molecule has 0 saturated heterocycles. The molecule has 6 nitrogen and oxygen atoms in total. The normalized spacial score (nSPS) is 12.2. The molecule has 8 heteroatoms. The summed E-state index contributed by atoms with van der Waals surface area (Å²) >= 11 is 9.60. The van der Waals surface area contributed by atoms with Crippen LogP contribution in [-0.2, 0) is 0 Å². The summed E-state index contributed by atoms with van der Waals surface area (Å²) in [6, 6.07) is 12.4. The first-order valence-corrected chi connectivity index (χ1v) is 10.2. The SMILES string of the molecule is CC[C@@H](C)c1nc2ccc(Br)cc2c(=O)n1N=Cc1ccc(OCC#N)c(Cl)c1. The first-order valence-electron chi connectivity index (χ1n) is 9.00. The molecule has 3 rings (SSSR count). The Bertz CT molecular complexity index is 1180. The molecule has 0 fully saturated rings. The number of ether oxygens (including phenoxy) is 1. The number of halogens is 2. The zero-order chi connectivity index (χ0) is 21.0. The molecule has 0 spiro atoms. The van der Waals surface area contributed by atoms with Crippen molar-refractivity contribution in [2.45, 2.75) is 26.2 Å². The van der Waals surface area contributed by atoms with Gasteiger partial charge in [0.15, 0.2) is 6.61 Å². The van der Waals surface area contributed by atoms with Crippen LogP contribution in [0.3, 0.4) is 0 Å². The molecule has 0 aliphatic heterocycles. The molecule has 0 N–H and O–H groups in total. The second kappa shape index (κ2) is 9.21. The van der Waals surface area contributed by atoms with Crippen molar-refractivity contribution in [1.29, 1.82) is 5.26 Å². The van der Waals surface area contributed by atoms with Crippen LogP contribution in [0, 0.1) is 11.3 Å². The van der Waals surface area contributed by atoms with Gasteiger partial charge in [0.2, 0.25) is 0 Å². The topological polar surface area (TPSA) is 80.3 Å². The standard InChI is InChI=1S/C21H18BrClN4O2/c1-3-13(2)20-26-18-6-5-15(22)11-16(18)21(28)27(20)25-12-14-4-7-19(17(23)10-14)29-9-8-24/h4-7,10-13H,3,9H2,1-2H3/t13-/m1/s1. The summed E-state index contributed by atoms with van der Waals surface area (Å²) in [5.41, 5.74) is 1.10. The van der Waals surface area contributed by atoms with Gasteiger partial charge in [-0.15, -0.1) is 0 Å². The molecule has 0 aliphatic carbocycles. The van der Waals surface area contributed by atoms with E-state index in [1.54, 1.807) is 30.5 Å². The molecule has 0 radical (unpaired) electrons. The molecular weight excluding hydrogens is 456 g/mol. The zero-order valence-corrected chi connectivity index (χ0v) is 18.2. The van der Waals surface area contributed by atoms with Gasteiger partial charge in [-0.2, -0.15) is 15.0 Å². The minimum Gasteiger partial charge on any atom is -0.477 e. The summed E-state index contributed by atoms with van der Waals surface area (Å²) in [7, 11) is 0. The lowest BCUT2D eigenvalue weighted by Gasteiger charge is -2.14. The van der Waals surface area contributed by atoms with E-state index in [1.807, 2.05) is 32.0 Å². The fraction of sp³-hybridized carbons (Fsp3) is 0.238. The van der Waals surface area contributed by atoms with Crippen LogP contribution in [0.1, 0.15) is 37.6 Å². The Morgan fingerprint density at radius 3 is 2.86 bits per heavy atom. The highest BCUT2D eigenvalue weighted by Gasteiger charge is 2.15. The van der Waals surface area contributed by atoms with Crippen molar-refractivity contribution in [2.75, 3.05) is 6.61 Å². The third-order valence-corrected chi connectivity index (χ3v) is 5.25. The average molecular weight is 474 g/mol. The second-order valence-electron chi connectivity index (χ2n) is 6.44. The summed E-state index contributed by atoms with van der Waals surface area (Å²) in [5.74, 6) is 1.07. The van der Waals surface area contributed by atoms with Crippen molar-refractivity contribution >= 4 is 44.6 Å². The average Bonchev–Trinajstić information content (AvgIpc) is 2.72. The molecule has 1 aromatic heterocycles. The van der Waals surface area contributed by atoms with Crippen molar-refractivity contribution in [1.82, 2.24) is 9.66 Å². The summed E-state index contributed by atoms with van der Waals surface area (Å²) < 4.78 is 7.39. The van der Waals surface area contributed by atoms with Gasteiger partial charge in [-0.3, -0.25) is 4.79 Å². The quantitative estimate of drug-likeness (QED) is 0.466. The highest BCUT2D eigenvalue weighted by molar-refractivity contribution is 9.10. The van der Waals surface area contributed by atoms with Gasteiger partial charge in [-0.05, 0) is 48.4 Å². The number of benzene rings is 2. The Hall–Kier alpha value is -2.69. The number of rotatable bonds is 6. The van der Waals surface area contributed by atoms with E-state index in [0.717, 1.165) is 10.9 Å². The highest BCUT2D eigenvalue weighted by atomic mass is 79.9. The van der Waals surface area contributed by atoms with Gasteiger partial charge in [0.05, 0.1) is 22.1 Å². The van der Waals surface area contributed by atoms with Gasteiger partial charge in [0.1, 0.15) is 17.6 Å². The lowest BCUT2D eigenvalue weighted by molar-refractivity contribution is 0.368. The first kappa shape index (κ1) is 21.0. The van der Waals surface area contributed by atoms with Crippen LogP contribution >= 0.6 is 27.5 Å². The van der Waals surface area contributed by atoms with E-state index in [0.29, 0.717) is 33.1 Å². The van der Waals surface area contributed by atoms with E-state index in [2.05, 4.69) is 26.0 Å². The van der Waals surface area contributed by atoms with Crippen LogP contribution < -0.4 is 10.3 Å². The van der Waals surface area contributed by atoms with Crippen molar-refractivity contribution in [3.8, 4) is 11.8 Å².